The highest BCUT2D eigenvalue weighted by molar-refractivity contribution is 5.90. The molecule has 0 fully saturated rings. The van der Waals surface area contributed by atoms with Crippen molar-refractivity contribution >= 4 is 17.1 Å². The van der Waals surface area contributed by atoms with Gasteiger partial charge >= 0.3 is 18.5 Å². The molecule has 0 radical (unpaired) electrons. The average Bonchev–Trinajstić information content (AvgIpc) is 2.60. The first-order chi connectivity index (χ1) is 13.1. The molecule has 0 atom stereocenters. The van der Waals surface area contributed by atoms with Crippen LogP contribution in [0.1, 0.15) is 11.3 Å². The summed E-state index contributed by atoms with van der Waals surface area (Å²) in [5, 5.41) is -0.423. The summed E-state index contributed by atoms with van der Waals surface area (Å²) in [7, 11) is 0. The van der Waals surface area contributed by atoms with Crippen molar-refractivity contribution in [1.82, 2.24) is 4.98 Å². The molecule has 1 heterocycles. The molecule has 0 saturated carbocycles. The van der Waals surface area contributed by atoms with Crippen molar-refractivity contribution in [2.24, 2.45) is 0 Å². The fraction of sp³-hybridized carbons (Fsp3) is 0.111. The van der Waals surface area contributed by atoms with Gasteiger partial charge in [0, 0.05) is 11.5 Å². The second-order valence-corrected chi connectivity index (χ2v) is 5.47. The first-order valence-corrected chi connectivity index (χ1v) is 7.58. The summed E-state index contributed by atoms with van der Waals surface area (Å²) >= 11 is 0. The number of ether oxygens (including phenoxy) is 2. The van der Waals surface area contributed by atoms with Crippen molar-refractivity contribution in [3.05, 3.63) is 65.9 Å². The van der Waals surface area contributed by atoms with Crippen LogP contribution >= 0.6 is 0 Å². The Balaban J connectivity index is 2.09. The van der Waals surface area contributed by atoms with Gasteiger partial charge in [-0.3, -0.25) is 0 Å². The topological polar surface area (TPSA) is 48.4 Å². The number of hydrogen-bond donors (Lipinski definition) is 0. The van der Waals surface area contributed by atoms with Crippen LogP contribution < -0.4 is 9.47 Å². The van der Waals surface area contributed by atoms with Crippen LogP contribution in [0.4, 0.5) is 31.1 Å². The molecular formula is C18H9F6NO3. The molecule has 0 N–H and O–H groups in total. The van der Waals surface area contributed by atoms with E-state index in [0.717, 1.165) is 12.1 Å². The van der Waals surface area contributed by atoms with Gasteiger partial charge in [0.1, 0.15) is 17.2 Å². The van der Waals surface area contributed by atoms with Crippen LogP contribution in [0.25, 0.3) is 10.9 Å². The number of carbonyl (C=O) groups excluding carboxylic acids is 1. The zero-order valence-corrected chi connectivity index (χ0v) is 13.6. The van der Waals surface area contributed by atoms with E-state index >= 15 is 0 Å². The fourth-order valence-corrected chi connectivity index (χ4v) is 2.37. The first kappa shape index (κ1) is 19.5. The van der Waals surface area contributed by atoms with E-state index in [1.165, 1.54) is 24.3 Å². The molecule has 0 saturated heterocycles. The predicted octanol–water partition coefficient (Wildman–Crippen LogP) is 5.85. The summed E-state index contributed by atoms with van der Waals surface area (Å²) < 4.78 is 88.4. The summed E-state index contributed by atoms with van der Waals surface area (Å²) in [4.78, 5) is 15.0. The Morgan fingerprint density at radius 2 is 1.50 bits per heavy atom. The number of carbonyl (C=O) groups is 1. The number of benzene rings is 2. The molecule has 2 aromatic carbocycles. The van der Waals surface area contributed by atoms with E-state index < -0.39 is 46.4 Å². The Hall–Kier alpha value is -3.30. The standard InChI is InChI=1S/C18H9F6NO3/c19-17(20,21)12-8-4-7-11-13(9-14(18(22,23)24)25-15(11)12)28-16(26)27-10-5-2-1-3-6-10/h1-9H. The zero-order valence-electron chi connectivity index (χ0n) is 13.6. The molecule has 3 aromatic rings. The SMILES string of the molecule is O=C(Oc1ccccc1)Oc1cc(C(F)(F)F)nc2c(C(F)(F)F)cccc12. The number of halogens is 6. The van der Waals surface area contributed by atoms with E-state index in [1.54, 1.807) is 6.07 Å². The molecule has 0 amide bonds. The monoisotopic (exact) mass is 401 g/mol. The minimum absolute atomic E-state index is 0.0397. The van der Waals surface area contributed by atoms with Gasteiger partial charge < -0.3 is 9.47 Å². The minimum Gasteiger partial charge on any atom is -0.395 e. The van der Waals surface area contributed by atoms with Gasteiger partial charge in [-0.25, -0.2) is 9.78 Å². The molecule has 0 bridgehead atoms. The fourth-order valence-electron chi connectivity index (χ4n) is 2.37. The second kappa shape index (κ2) is 7.02. The van der Waals surface area contributed by atoms with Crippen molar-refractivity contribution in [2.45, 2.75) is 12.4 Å². The Kier molecular flexibility index (Phi) is 4.88. The first-order valence-electron chi connectivity index (χ1n) is 7.58. The number of rotatable bonds is 2. The zero-order chi connectivity index (χ0) is 20.5. The van der Waals surface area contributed by atoms with Gasteiger partial charge in [0.2, 0.25) is 0 Å². The van der Waals surface area contributed by atoms with Gasteiger partial charge in [-0.05, 0) is 24.3 Å². The van der Waals surface area contributed by atoms with Crippen molar-refractivity contribution < 1.29 is 40.6 Å². The Morgan fingerprint density at radius 3 is 2.11 bits per heavy atom. The minimum atomic E-state index is -5.06. The molecule has 1 aromatic heterocycles. The van der Waals surface area contributed by atoms with Crippen LogP contribution in [0.2, 0.25) is 0 Å². The lowest BCUT2D eigenvalue weighted by Crippen LogP contribution is -2.16. The molecule has 146 valence electrons. The Morgan fingerprint density at radius 1 is 0.821 bits per heavy atom. The lowest BCUT2D eigenvalue weighted by molar-refractivity contribution is -0.142. The van der Waals surface area contributed by atoms with Crippen molar-refractivity contribution in [1.29, 1.82) is 0 Å². The average molecular weight is 401 g/mol. The molecule has 0 aliphatic heterocycles. The van der Waals surface area contributed by atoms with Gasteiger partial charge in [0.05, 0.1) is 11.1 Å². The maximum absolute atomic E-state index is 13.2. The number of fused-ring (bicyclic) bond motifs is 1. The van der Waals surface area contributed by atoms with Crippen LogP contribution in [0.15, 0.2) is 54.6 Å². The summed E-state index contributed by atoms with van der Waals surface area (Å²) in [6.07, 6.45) is -11.4. The van der Waals surface area contributed by atoms with Gasteiger partial charge in [-0.1, -0.05) is 24.3 Å². The molecule has 28 heavy (non-hydrogen) atoms. The van der Waals surface area contributed by atoms with Crippen molar-refractivity contribution in [3.63, 3.8) is 0 Å². The summed E-state index contributed by atoms with van der Waals surface area (Å²) in [6.45, 7) is 0. The molecule has 3 rings (SSSR count). The lowest BCUT2D eigenvalue weighted by atomic mass is 10.1. The van der Waals surface area contributed by atoms with Gasteiger partial charge in [-0.2, -0.15) is 26.3 Å². The molecule has 10 heteroatoms. The van der Waals surface area contributed by atoms with Crippen LogP contribution in [0.3, 0.4) is 0 Å². The molecule has 0 aliphatic rings. The molecule has 0 aliphatic carbocycles. The molecular weight excluding hydrogens is 392 g/mol. The number of hydrogen-bond acceptors (Lipinski definition) is 4. The van der Waals surface area contributed by atoms with Gasteiger partial charge in [0.15, 0.2) is 0 Å². The predicted molar refractivity (Wildman–Crippen MR) is 84.8 cm³/mol. The maximum atomic E-state index is 13.2. The van der Waals surface area contributed by atoms with E-state index in [4.69, 9.17) is 9.47 Å². The van der Waals surface area contributed by atoms with Crippen molar-refractivity contribution in [3.8, 4) is 11.5 Å². The summed E-state index contributed by atoms with van der Waals surface area (Å²) in [6, 6.07) is 10.4. The molecule has 0 spiro atoms. The van der Waals surface area contributed by atoms with Crippen LogP contribution in [-0.2, 0) is 12.4 Å². The lowest BCUT2D eigenvalue weighted by Gasteiger charge is -2.15. The van der Waals surface area contributed by atoms with E-state index in [-0.39, 0.29) is 5.75 Å². The van der Waals surface area contributed by atoms with E-state index in [2.05, 4.69) is 4.98 Å². The van der Waals surface area contributed by atoms with E-state index in [1.807, 2.05) is 0 Å². The number of aromatic nitrogens is 1. The van der Waals surface area contributed by atoms with Crippen molar-refractivity contribution in [2.75, 3.05) is 0 Å². The van der Waals surface area contributed by atoms with E-state index in [0.29, 0.717) is 12.1 Å². The summed E-state index contributed by atoms with van der Waals surface area (Å²) in [5.74, 6) is -0.720. The van der Waals surface area contributed by atoms with Gasteiger partial charge in [0.25, 0.3) is 0 Å². The second-order valence-electron chi connectivity index (χ2n) is 5.47. The number of pyridine rings is 1. The highest BCUT2D eigenvalue weighted by atomic mass is 19.4. The number of alkyl halides is 6. The molecule has 0 unspecified atom stereocenters. The highest BCUT2D eigenvalue weighted by Crippen LogP contribution is 2.39. The van der Waals surface area contributed by atoms with Gasteiger partial charge in [-0.15, -0.1) is 0 Å². The van der Waals surface area contributed by atoms with Crippen LogP contribution in [0.5, 0.6) is 11.5 Å². The quantitative estimate of drug-likeness (QED) is 0.307. The van der Waals surface area contributed by atoms with Crippen LogP contribution in [0, 0.1) is 0 Å². The molecule has 4 nitrogen and oxygen atoms in total. The highest BCUT2D eigenvalue weighted by Gasteiger charge is 2.38. The number of nitrogens with zero attached hydrogens (tertiary/aromatic N) is 1. The Labute approximate surface area is 153 Å². The van der Waals surface area contributed by atoms with E-state index in [9.17, 15) is 31.1 Å². The largest absolute Gasteiger partial charge is 0.519 e. The maximum Gasteiger partial charge on any atom is 0.519 e. The smallest absolute Gasteiger partial charge is 0.395 e. The number of para-hydroxylation sites is 2. The normalized spacial score (nSPS) is 12.1. The third kappa shape index (κ3) is 4.16. The Bertz CT molecular complexity index is 1020. The third-order valence-corrected chi connectivity index (χ3v) is 3.54. The van der Waals surface area contributed by atoms with Crippen LogP contribution in [-0.4, -0.2) is 11.1 Å². The summed E-state index contributed by atoms with van der Waals surface area (Å²) in [5.41, 5.74) is -4.02. The third-order valence-electron chi connectivity index (χ3n) is 3.54.